The smallest absolute Gasteiger partial charge is 0.308 e. The first-order chi connectivity index (χ1) is 7.81. The maximum Gasteiger partial charge on any atom is 0.308 e. The number of rotatable bonds is 6. The van der Waals surface area contributed by atoms with Gasteiger partial charge in [0.1, 0.15) is 4.21 Å². The molecule has 94 valence electrons. The molecular weight excluding hydrogens is 262 g/mol. The van der Waals surface area contributed by atoms with Crippen LogP contribution in [0.2, 0.25) is 0 Å². The van der Waals surface area contributed by atoms with Crippen LogP contribution >= 0.6 is 11.3 Å². The van der Waals surface area contributed by atoms with Crippen LogP contribution in [0.25, 0.3) is 0 Å². The van der Waals surface area contributed by atoms with E-state index in [0.717, 1.165) is 11.3 Å². The zero-order chi connectivity index (χ0) is 13.1. The fourth-order valence-corrected chi connectivity index (χ4v) is 3.52. The number of aliphatic carboxylic acids is 1. The summed E-state index contributed by atoms with van der Waals surface area (Å²) in [5.41, 5.74) is 0.705. The van der Waals surface area contributed by atoms with Gasteiger partial charge in [0.25, 0.3) is 0 Å². The van der Waals surface area contributed by atoms with E-state index in [2.05, 4.69) is 11.3 Å². The summed E-state index contributed by atoms with van der Waals surface area (Å²) in [5.74, 6) is -0.981. The fraction of sp³-hybridized carbons (Fsp3) is 0.300. The van der Waals surface area contributed by atoms with E-state index >= 15 is 0 Å². The highest BCUT2D eigenvalue weighted by Gasteiger charge is 2.16. The molecule has 1 aromatic heterocycles. The summed E-state index contributed by atoms with van der Waals surface area (Å²) in [4.78, 5) is 11.0. The van der Waals surface area contributed by atoms with Crippen LogP contribution in [0.4, 0.5) is 0 Å². The number of carbonyl (C=O) groups is 1. The average molecular weight is 275 g/mol. The summed E-state index contributed by atoms with van der Waals surface area (Å²) in [6.07, 6.45) is -0.166. The molecule has 0 radical (unpaired) electrons. The van der Waals surface area contributed by atoms with Crippen LogP contribution < -0.4 is 4.72 Å². The average Bonchev–Trinajstić information content (AvgIpc) is 2.63. The lowest BCUT2D eigenvalue weighted by Crippen LogP contribution is -2.24. The molecule has 0 bridgehead atoms. The van der Waals surface area contributed by atoms with E-state index in [0.29, 0.717) is 10.5 Å². The Hall–Kier alpha value is -1.18. The highest BCUT2D eigenvalue weighted by molar-refractivity contribution is 7.91. The van der Waals surface area contributed by atoms with Gasteiger partial charge in [-0.05, 0) is 19.1 Å². The van der Waals surface area contributed by atoms with E-state index in [9.17, 15) is 13.2 Å². The maximum absolute atomic E-state index is 11.7. The Kier molecular flexibility index (Phi) is 4.44. The molecule has 2 N–H and O–H groups in total. The molecule has 0 amide bonds. The van der Waals surface area contributed by atoms with Gasteiger partial charge in [0.05, 0.1) is 6.42 Å². The molecule has 0 spiro atoms. The third-order valence-corrected chi connectivity index (χ3v) is 4.77. The van der Waals surface area contributed by atoms with Gasteiger partial charge >= 0.3 is 5.97 Å². The predicted octanol–water partition coefficient (Wildman–Crippen LogP) is 1.23. The summed E-state index contributed by atoms with van der Waals surface area (Å²) in [5, 5.41) is 8.59. The van der Waals surface area contributed by atoms with E-state index in [1.807, 2.05) is 0 Å². The second kappa shape index (κ2) is 5.44. The number of carboxylic acid groups (broad SMARTS) is 1. The zero-order valence-corrected chi connectivity index (χ0v) is 10.9. The van der Waals surface area contributed by atoms with Crippen molar-refractivity contribution in [3.8, 4) is 0 Å². The first-order valence-corrected chi connectivity index (χ1v) is 7.06. The Balaban J connectivity index is 2.81. The van der Waals surface area contributed by atoms with Gasteiger partial charge in [-0.2, -0.15) is 0 Å². The van der Waals surface area contributed by atoms with Crippen molar-refractivity contribution in [2.24, 2.45) is 0 Å². The van der Waals surface area contributed by atoms with Crippen molar-refractivity contribution in [1.82, 2.24) is 4.72 Å². The first-order valence-electron chi connectivity index (χ1n) is 4.76. The quantitative estimate of drug-likeness (QED) is 0.765. The van der Waals surface area contributed by atoms with Crippen LogP contribution in [0.15, 0.2) is 28.5 Å². The SMILES string of the molecule is C=C(C)CNS(=O)(=O)c1ccc(CC(=O)O)s1. The lowest BCUT2D eigenvalue weighted by atomic mass is 10.3. The third-order valence-electron chi connectivity index (χ3n) is 1.79. The third kappa shape index (κ3) is 4.29. The van der Waals surface area contributed by atoms with Gasteiger partial charge in [-0.25, -0.2) is 13.1 Å². The number of sulfonamides is 1. The molecule has 1 heterocycles. The van der Waals surface area contributed by atoms with Gasteiger partial charge in [0, 0.05) is 11.4 Å². The number of nitrogens with one attached hydrogen (secondary N) is 1. The maximum atomic E-state index is 11.7. The van der Waals surface area contributed by atoms with Crippen molar-refractivity contribution in [2.45, 2.75) is 17.6 Å². The molecule has 0 saturated heterocycles. The fourth-order valence-electron chi connectivity index (χ4n) is 1.04. The predicted molar refractivity (Wildman–Crippen MR) is 65.7 cm³/mol. The van der Waals surface area contributed by atoms with Crippen LogP contribution in [0.1, 0.15) is 11.8 Å². The van der Waals surface area contributed by atoms with Gasteiger partial charge in [-0.1, -0.05) is 12.2 Å². The second-order valence-corrected chi connectivity index (χ2v) is 6.74. The van der Waals surface area contributed by atoms with E-state index in [1.165, 1.54) is 12.1 Å². The van der Waals surface area contributed by atoms with Gasteiger partial charge in [-0.15, -0.1) is 11.3 Å². The Labute approximate surface area is 104 Å². The molecule has 5 nitrogen and oxygen atoms in total. The monoisotopic (exact) mass is 275 g/mol. The van der Waals surface area contributed by atoms with Gasteiger partial charge in [0.15, 0.2) is 0 Å². The molecule has 0 unspecified atom stereocenters. The minimum absolute atomic E-state index is 0.120. The van der Waals surface area contributed by atoms with Crippen LogP contribution in [0.3, 0.4) is 0 Å². The van der Waals surface area contributed by atoms with Crippen LogP contribution in [-0.2, 0) is 21.2 Å². The molecule has 0 saturated carbocycles. The Morgan fingerprint density at radius 3 is 2.71 bits per heavy atom. The lowest BCUT2D eigenvalue weighted by Gasteiger charge is -2.03. The molecule has 0 aromatic carbocycles. The summed E-state index contributed by atoms with van der Waals surface area (Å²) in [6, 6.07) is 2.91. The largest absolute Gasteiger partial charge is 0.481 e. The van der Waals surface area contributed by atoms with Gasteiger partial charge in [0.2, 0.25) is 10.0 Å². The number of thiophene rings is 1. The highest BCUT2D eigenvalue weighted by Crippen LogP contribution is 2.21. The molecule has 0 aliphatic heterocycles. The zero-order valence-electron chi connectivity index (χ0n) is 9.26. The van der Waals surface area contributed by atoms with Crippen molar-refractivity contribution in [3.05, 3.63) is 29.2 Å². The van der Waals surface area contributed by atoms with E-state index in [4.69, 9.17) is 5.11 Å². The molecule has 0 aliphatic rings. The Morgan fingerprint density at radius 2 is 2.18 bits per heavy atom. The standard InChI is InChI=1S/C10H13NO4S2/c1-7(2)6-11-17(14,15)10-4-3-8(16-10)5-9(12)13/h3-4,11H,1,5-6H2,2H3,(H,12,13). The summed E-state index contributed by atoms with van der Waals surface area (Å²) >= 11 is 0.959. The molecule has 7 heteroatoms. The number of hydrogen-bond donors (Lipinski definition) is 2. The summed E-state index contributed by atoms with van der Waals surface area (Å²) in [7, 11) is -3.56. The number of carboxylic acids is 1. The van der Waals surface area contributed by atoms with Crippen LogP contribution in [0.5, 0.6) is 0 Å². The van der Waals surface area contributed by atoms with Crippen molar-refractivity contribution in [3.63, 3.8) is 0 Å². The van der Waals surface area contributed by atoms with Crippen molar-refractivity contribution in [2.75, 3.05) is 6.54 Å². The van der Waals surface area contributed by atoms with Crippen molar-refractivity contribution < 1.29 is 18.3 Å². The lowest BCUT2D eigenvalue weighted by molar-refractivity contribution is -0.136. The van der Waals surface area contributed by atoms with E-state index < -0.39 is 16.0 Å². The molecule has 0 fully saturated rings. The second-order valence-electron chi connectivity index (χ2n) is 3.57. The van der Waals surface area contributed by atoms with Crippen LogP contribution in [0, 0.1) is 0 Å². The molecule has 17 heavy (non-hydrogen) atoms. The normalized spacial score (nSPS) is 11.4. The molecule has 1 aromatic rings. The Morgan fingerprint density at radius 1 is 1.53 bits per heavy atom. The molecule has 0 aliphatic carbocycles. The van der Waals surface area contributed by atoms with E-state index in [-0.39, 0.29) is 17.2 Å². The molecular formula is C10H13NO4S2. The minimum atomic E-state index is -3.56. The highest BCUT2D eigenvalue weighted by atomic mass is 32.2. The molecule has 0 atom stereocenters. The summed E-state index contributed by atoms with van der Waals surface area (Å²) in [6.45, 7) is 5.49. The minimum Gasteiger partial charge on any atom is -0.481 e. The van der Waals surface area contributed by atoms with Crippen molar-refractivity contribution in [1.29, 1.82) is 0 Å². The number of hydrogen-bond acceptors (Lipinski definition) is 4. The van der Waals surface area contributed by atoms with Crippen molar-refractivity contribution >= 4 is 27.3 Å². The molecule has 1 rings (SSSR count). The van der Waals surface area contributed by atoms with Gasteiger partial charge < -0.3 is 5.11 Å². The van der Waals surface area contributed by atoms with E-state index in [1.54, 1.807) is 6.92 Å². The van der Waals surface area contributed by atoms with Gasteiger partial charge in [-0.3, -0.25) is 4.79 Å². The topological polar surface area (TPSA) is 83.5 Å². The summed E-state index contributed by atoms with van der Waals surface area (Å²) < 4.78 is 26.0. The first kappa shape index (κ1) is 13.9. The van der Waals surface area contributed by atoms with Crippen LogP contribution in [-0.4, -0.2) is 26.0 Å². The Bertz CT molecular complexity index is 530.